The van der Waals surface area contributed by atoms with Gasteiger partial charge in [-0.15, -0.1) is 11.3 Å². The molecule has 1 aromatic heterocycles. The van der Waals surface area contributed by atoms with Crippen LogP contribution in [0.3, 0.4) is 0 Å². The number of hydrogen-bond donors (Lipinski definition) is 0. The van der Waals surface area contributed by atoms with Crippen LogP contribution >= 0.6 is 11.3 Å². The van der Waals surface area contributed by atoms with Crippen LogP contribution in [0.15, 0.2) is 29.6 Å². The maximum Gasteiger partial charge on any atom is 0.270 e. The average molecular weight is 272 g/mol. The number of benzene rings is 1. The Morgan fingerprint density at radius 1 is 1.37 bits per heavy atom. The van der Waals surface area contributed by atoms with Crippen molar-refractivity contribution < 1.29 is 4.92 Å². The van der Waals surface area contributed by atoms with Crippen molar-refractivity contribution in [3.63, 3.8) is 0 Å². The topological polar surface area (TPSA) is 56.0 Å². The van der Waals surface area contributed by atoms with Crippen LogP contribution in [0.1, 0.15) is 36.0 Å². The highest BCUT2D eigenvalue weighted by Gasteiger charge is 2.05. The molecule has 0 aliphatic rings. The van der Waals surface area contributed by atoms with Crippen LogP contribution in [-0.4, -0.2) is 9.91 Å². The minimum Gasteiger partial charge on any atom is -0.258 e. The number of rotatable bonds is 2. The van der Waals surface area contributed by atoms with E-state index in [1.54, 1.807) is 12.1 Å². The molecular weight excluding hydrogens is 260 g/mol. The summed E-state index contributed by atoms with van der Waals surface area (Å²) in [6.45, 7) is 4.15. The SMILES string of the molecule is CC(C)c1csc(C#Cc2cccc([N+](=O)[O-])c2)n1. The van der Waals surface area contributed by atoms with E-state index in [-0.39, 0.29) is 5.69 Å². The van der Waals surface area contributed by atoms with Gasteiger partial charge in [-0.05, 0) is 17.9 Å². The molecule has 0 saturated carbocycles. The Morgan fingerprint density at radius 3 is 2.79 bits per heavy atom. The standard InChI is InChI=1S/C14H12N2O2S/c1-10(2)13-9-19-14(15-13)7-6-11-4-3-5-12(8-11)16(17)18/h3-5,8-10H,1-2H3. The molecular formula is C14H12N2O2S. The summed E-state index contributed by atoms with van der Waals surface area (Å²) in [6.07, 6.45) is 0. The molecule has 0 atom stereocenters. The average Bonchev–Trinajstić information content (AvgIpc) is 2.85. The Bertz CT molecular complexity index is 665. The van der Waals surface area contributed by atoms with Gasteiger partial charge in [-0.25, -0.2) is 4.98 Å². The van der Waals surface area contributed by atoms with Gasteiger partial charge >= 0.3 is 0 Å². The van der Waals surface area contributed by atoms with Crippen LogP contribution in [0.25, 0.3) is 0 Å². The van der Waals surface area contributed by atoms with Crippen molar-refractivity contribution in [2.24, 2.45) is 0 Å². The molecule has 1 heterocycles. The van der Waals surface area contributed by atoms with E-state index in [0.717, 1.165) is 10.7 Å². The predicted molar refractivity (Wildman–Crippen MR) is 75.3 cm³/mol. The lowest BCUT2D eigenvalue weighted by Crippen LogP contribution is -1.88. The predicted octanol–water partition coefficient (Wildman–Crippen LogP) is 3.57. The molecule has 96 valence electrons. The minimum absolute atomic E-state index is 0.0498. The molecule has 0 aliphatic carbocycles. The molecule has 0 unspecified atom stereocenters. The maximum absolute atomic E-state index is 10.7. The maximum atomic E-state index is 10.7. The summed E-state index contributed by atoms with van der Waals surface area (Å²) in [5, 5.41) is 13.4. The molecule has 2 rings (SSSR count). The fourth-order valence-electron chi connectivity index (χ4n) is 1.43. The Hall–Kier alpha value is -2.19. The Morgan fingerprint density at radius 2 is 2.16 bits per heavy atom. The Labute approximate surface area is 115 Å². The summed E-state index contributed by atoms with van der Waals surface area (Å²) in [5.74, 6) is 6.22. The van der Waals surface area contributed by atoms with Gasteiger partial charge in [0.2, 0.25) is 0 Å². The largest absolute Gasteiger partial charge is 0.270 e. The minimum atomic E-state index is -0.425. The number of nitrogens with zero attached hydrogens (tertiary/aromatic N) is 2. The molecule has 0 radical (unpaired) electrons. The lowest BCUT2D eigenvalue weighted by atomic mass is 10.2. The van der Waals surface area contributed by atoms with Gasteiger partial charge in [-0.2, -0.15) is 0 Å². The van der Waals surface area contributed by atoms with Gasteiger partial charge < -0.3 is 0 Å². The van der Waals surface area contributed by atoms with Crippen molar-refractivity contribution in [1.29, 1.82) is 0 Å². The van der Waals surface area contributed by atoms with E-state index in [1.165, 1.54) is 23.5 Å². The summed E-state index contributed by atoms with van der Waals surface area (Å²) in [5.41, 5.74) is 1.69. The molecule has 1 aromatic carbocycles. The fourth-order valence-corrected chi connectivity index (χ4v) is 2.26. The van der Waals surface area contributed by atoms with Crippen LogP contribution < -0.4 is 0 Å². The number of nitro groups is 1. The molecule has 0 aliphatic heterocycles. The van der Waals surface area contributed by atoms with Gasteiger partial charge in [0, 0.05) is 23.1 Å². The normalized spacial score (nSPS) is 10.1. The second-order valence-corrected chi connectivity index (χ2v) is 5.15. The highest BCUT2D eigenvalue weighted by molar-refractivity contribution is 7.10. The van der Waals surface area contributed by atoms with Crippen LogP contribution in [0.4, 0.5) is 5.69 Å². The number of aromatic nitrogens is 1. The van der Waals surface area contributed by atoms with E-state index in [4.69, 9.17) is 0 Å². The molecule has 2 aromatic rings. The molecule has 0 spiro atoms. The molecule has 0 saturated heterocycles. The second-order valence-electron chi connectivity index (χ2n) is 4.29. The van der Waals surface area contributed by atoms with E-state index >= 15 is 0 Å². The molecule has 4 nitrogen and oxygen atoms in total. The Kier molecular flexibility index (Phi) is 3.93. The smallest absolute Gasteiger partial charge is 0.258 e. The van der Waals surface area contributed by atoms with Gasteiger partial charge in [0.05, 0.1) is 10.6 Å². The Balaban J connectivity index is 2.23. The highest BCUT2D eigenvalue weighted by Crippen LogP contribution is 2.17. The van der Waals surface area contributed by atoms with Crippen molar-refractivity contribution in [3.05, 3.63) is 56.0 Å². The van der Waals surface area contributed by atoms with E-state index in [0.29, 0.717) is 11.5 Å². The summed E-state index contributed by atoms with van der Waals surface area (Å²) in [4.78, 5) is 14.6. The molecule has 0 fully saturated rings. The molecule has 0 N–H and O–H groups in total. The van der Waals surface area contributed by atoms with Crippen molar-refractivity contribution in [2.75, 3.05) is 0 Å². The van der Waals surface area contributed by atoms with Crippen molar-refractivity contribution in [1.82, 2.24) is 4.98 Å². The molecule has 5 heteroatoms. The number of non-ortho nitro benzene ring substituents is 1. The van der Waals surface area contributed by atoms with Gasteiger partial charge in [-0.3, -0.25) is 10.1 Å². The van der Waals surface area contributed by atoms with Gasteiger partial charge in [0.1, 0.15) is 0 Å². The van der Waals surface area contributed by atoms with Gasteiger partial charge in [-0.1, -0.05) is 25.8 Å². The summed E-state index contributed by atoms with van der Waals surface area (Å²) < 4.78 is 0. The number of nitro benzene ring substituents is 1. The van der Waals surface area contributed by atoms with Crippen molar-refractivity contribution in [2.45, 2.75) is 19.8 Å². The first-order valence-corrected chi connectivity index (χ1v) is 6.66. The van der Waals surface area contributed by atoms with E-state index in [1.807, 2.05) is 5.38 Å². The molecule has 0 amide bonds. The first-order chi connectivity index (χ1) is 9.06. The highest BCUT2D eigenvalue weighted by atomic mass is 32.1. The van der Waals surface area contributed by atoms with Crippen LogP contribution in [-0.2, 0) is 0 Å². The van der Waals surface area contributed by atoms with Gasteiger partial charge in [0.25, 0.3) is 5.69 Å². The van der Waals surface area contributed by atoms with Crippen LogP contribution in [0.2, 0.25) is 0 Å². The fraction of sp³-hybridized carbons (Fsp3) is 0.214. The third kappa shape index (κ3) is 3.39. The van der Waals surface area contributed by atoms with Crippen molar-refractivity contribution in [3.8, 4) is 11.8 Å². The van der Waals surface area contributed by atoms with Crippen LogP contribution in [0, 0.1) is 22.0 Å². The summed E-state index contributed by atoms with van der Waals surface area (Å²) in [7, 11) is 0. The van der Waals surface area contributed by atoms with Crippen LogP contribution in [0.5, 0.6) is 0 Å². The zero-order valence-electron chi connectivity index (χ0n) is 10.6. The van der Waals surface area contributed by atoms with E-state index in [2.05, 4.69) is 30.7 Å². The lowest BCUT2D eigenvalue weighted by molar-refractivity contribution is -0.384. The third-order valence-corrected chi connectivity index (χ3v) is 3.26. The summed E-state index contributed by atoms with van der Waals surface area (Å²) >= 11 is 1.49. The third-order valence-electron chi connectivity index (χ3n) is 2.48. The molecule has 19 heavy (non-hydrogen) atoms. The number of hydrogen-bond acceptors (Lipinski definition) is 4. The summed E-state index contributed by atoms with van der Waals surface area (Å²) in [6, 6.07) is 6.29. The molecule has 0 bridgehead atoms. The zero-order valence-corrected chi connectivity index (χ0v) is 11.4. The number of thiazole rings is 1. The van der Waals surface area contributed by atoms with E-state index in [9.17, 15) is 10.1 Å². The first kappa shape index (κ1) is 13.2. The van der Waals surface area contributed by atoms with Crippen molar-refractivity contribution >= 4 is 17.0 Å². The second kappa shape index (κ2) is 5.63. The monoisotopic (exact) mass is 272 g/mol. The first-order valence-electron chi connectivity index (χ1n) is 5.78. The van der Waals surface area contributed by atoms with E-state index < -0.39 is 4.92 Å². The quantitative estimate of drug-likeness (QED) is 0.477. The zero-order chi connectivity index (χ0) is 13.8. The van der Waals surface area contributed by atoms with Gasteiger partial charge in [0.15, 0.2) is 5.01 Å². The lowest BCUT2D eigenvalue weighted by Gasteiger charge is -1.95.